The van der Waals surface area contributed by atoms with Gasteiger partial charge in [0.15, 0.2) is 0 Å². The zero-order valence-electron chi connectivity index (χ0n) is 14.4. The average Bonchev–Trinajstić information content (AvgIpc) is 3.17. The number of pyridine rings is 1. The van der Waals surface area contributed by atoms with E-state index in [0.29, 0.717) is 13.0 Å². The smallest absolute Gasteiger partial charge is 0.220 e. The summed E-state index contributed by atoms with van der Waals surface area (Å²) in [6, 6.07) is 6.03. The van der Waals surface area contributed by atoms with Crippen LogP contribution in [0.2, 0.25) is 0 Å². The van der Waals surface area contributed by atoms with Crippen molar-refractivity contribution in [2.75, 3.05) is 32.8 Å². The molecule has 1 saturated heterocycles. The third-order valence-corrected chi connectivity index (χ3v) is 4.40. The molecule has 0 spiro atoms. The molecule has 0 aliphatic carbocycles. The lowest BCUT2D eigenvalue weighted by atomic mass is 10.1. The van der Waals surface area contributed by atoms with Gasteiger partial charge in [0, 0.05) is 57.4 Å². The molecule has 1 atom stereocenters. The summed E-state index contributed by atoms with van der Waals surface area (Å²) in [5.74, 6) is 0.0781. The van der Waals surface area contributed by atoms with Gasteiger partial charge in [-0.15, -0.1) is 0 Å². The van der Waals surface area contributed by atoms with E-state index in [4.69, 9.17) is 4.74 Å². The predicted molar refractivity (Wildman–Crippen MR) is 93.8 cm³/mol. The largest absolute Gasteiger partial charge is 0.379 e. The second kappa shape index (κ2) is 9.29. The second-order valence-electron chi connectivity index (χ2n) is 6.13. The Morgan fingerprint density at radius 2 is 2.16 bits per heavy atom. The third kappa shape index (κ3) is 5.37. The number of rotatable bonds is 8. The number of ether oxygens (including phenoxy) is 1. The van der Waals surface area contributed by atoms with Crippen molar-refractivity contribution in [3.05, 3.63) is 48.5 Å². The molecule has 1 N–H and O–H groups in total. The lowest BCUT2D eigenvalue weighted by Crippen LogP contribution is -2.43. The van der Waals surface area contributed by atoms with E-state index in [9.17, 15) is 4.79 Å². The fourth-order valence-electron chi connectivity index (χ4n) is 3.05. The first kappa shape index (κ1) is 17.6. The van der Waals surface area contributed by atoms with Gasteiger partial charge in [0.1, 0.15) is 0 Å². The summed E-state index contributed by atoms with van der Waals surface area (Å²) in [6.07, 6.45) is 8.60. The molecule has 1 aliphatic heterocycles. The zero-order chi connectivity index (χ0) is 17.3. The molecule has 25 heavy (non-hydrogen) atoms. The first-order valence-electron chi connectivity index (χ1n) is 8.79. The van der Waals surface area contributed by atoms with E-state index in [0.717, 1.165) is 44.8 Å². The standard InChI is InChI=1S/C18H25N5O2/c24-18(5-2-8-23-9-3-7-21-23)20-15-17(16-4-1-6-19-14-16)22-10-12-25-13-11-22/h1,3-4,6-7,9,14,17H,2,5,8,10-13,15H2,(H,20,24)/t17-/m0/s1. The lowest BCUT2D eigenvalue weighted by molar-refractivity contribution is -0.121. The Labute approximate surface area is 148 Å². The summed E-state index contributed by atoms with van der Waals surface area (Å²) in [5, 5.41) is 7.23. The fourth-order valence-corrected chi connectivity index (χ4v) is 3.05. The Hall–Kier alpha value is -2.25. The molecule has 3 heterocycles. The molecule has 0 unspecified atom stereocenters. The SMILES string of the molecule is O=C(CCCn1cccn1)NC[C@@H](c1cccnc1)N1CCOCC1. The highest BCUT2D eigenvalue weighted by Crippen LogP contribution is 2.20. The van der Waals surface area contributed by atoms with Crippen molar-refractivity contribution in [3.63, 3.8) is 0 Å². The average molecular weight is 343 g/mol. The van der Waals surface area contributed by atoms with Crippen LogP contribution in [0.1, 0.15) is 24.4 Å². The van der Waals surface area contributed by atoms with Crippen molar-refractivity contribution in [3.8, 4) is 0 Å². The number of morpholine rings is 1. The molecule has 7 heteroatoms. The van der Waals surface area contributed by atoms with E-state index in [1.54, 1.807) is 12.4 Å². The molecular weight excluding hydrogens is 318 g/mol. The highest BCUT2D eigenvalue weighted by atomic mass is 16.5. The highest BCUT2D eigenvalue weighted by Gasteiger charge is 2.23. The quantitative estimate of drug-likeness (QED) is 0.781. The minimum Gasteiger partial charge on any atom is -0.379 e. The van der Waals surface area contributed by atoms with Crippen LogP contribution in [0.25, 0.3) is 0 Å². The van der Waals surface area contributed by atoms with Crippen LogP contribution in [-0.4, -0.2) is 58.4 Å². The molecule has 0 saturated carbocycles. The molecule has 7 nitrogen and oxygen atoms in total. The van der Waals surface area contributed by atoms with E-state index >= 15 is 0 Å². The van der Waals surface area contributed by atoms with E-state index in [1.165, 1.54) is 0 Å². The van der Waals surface area contributed by atoms with Gasteiger partial charge in [0.2, 0.25) is 5.91 Å². The van der Waals surface area contributed by atoms with Crippen LogP contribution in [0.5, 0.6) is 0 Å². The van der Waals surface area contributed by atoms with Gasteiger partial charge in [-0.1, -0.05) is 6.07 Å². The zero-order valence-corrected chi connectivity index (χ0v) is 14.4. The Morgan fingerprint density at radius 3 is 2.88 bits per heavy atom. The van der Waals surface area contributed by atoms with Gasteiger partial charge < -0.3 is 10.1 Å². The molecule has 1 aliphatic rings. The van der Waals surface area contributed by atoms with Crippen molar-refractivity contribution >= 4 is 5.91 Å². The highest BCUT2D eigenvalue weighted by molar-refractivity contribution is 5.75. The molecule has 3 rings (SSSR count). The topological polar surface area (TPSA) is 72.3 Å². The van der Waals surface area contributed by atoms with Gasteiger partial charge in [0.05, 0.1) is 19.3 Å². The van der Waals surface area contributed by atoms with Crippen LogP contribution >= 0.6 is 0 Å². The van der Waals surface area contributed by atoms with Gasteiger partial charge in [-0.3, -0.25) is 19.4 Å². The Balaban J connectivity index is 1.50. The monoisotopic (exact) mass is 343 g/mol. The van der Waals surface area contributed by atoms with Crippen LogP contribution in [0.4, 0.5) is 0 Å². The maximum Gasteiger partial charge on any atom is 0.220 e. The summed E-state index contributed by atoms with van der Waals surface area (Å²) in [6.45, 7) is 4.55. The van der Waals surface area contributed by atoms with E-state index in [1.807, 2.05) is 29.2 Å². The summed E-state index contributed by atoms with van der Waals surface area (Å²) < 4.78 is 7.29. The summed E-state index contributed by atoms with van der Waals surface area (Å²) in [5.41, 5.74) is 1.13. The number of hydrogen-bond acceptors (Lipinski definition) is 5. The maximum atomic E-state index is 12.2. The molecule has 134 valence electrons. The lowest BCUT2D eigenvalue weighted by Gasteiger charge is -2.34. The fraction of sp³-hybridized carbons (Fsp3) is 0.500. The maximum absolute atomic E-state index is 12.2. The number of carbonyl (C=O) groups excluding carboxylic acids is 1. The van der Waals surface area contributed by atoms with E-state index in [-0.39, 0.29) is 11.9 Å². The van der Waals surface area contributed by atoms with Crippen LogP contribution in [0, 0.1) is 0 Å². The summed E-state index contributed by atoms with van der Waals surface area (Å²) in [4.78, 5) is 18.8. The second-order valence-corrected chi connectivity index (χ2v) is 6.13. The van der Waals surface area contributed by atoms with Crippen LogP contribution < -0.4 is 5.32 Å². The first-order valence-corrected chi connectivity index (χ1v) is 8.79. The van der Waals surface area contributed by atoms with Crippen LogP contribution in [0.3, 0.4) is 0 Å². The molecule has 0 radical (unpaired) electrons. The van der Waals surface area contributed by atoms with Crippen molar-refractivity contribution in [1.29, 1.82) is 0 Å². The Kier molecular flexibility index (Phi) is 6.53. The number of aryl methyl sites for hydroxylation is 1. The summed E-state index contributed by atoms with van der Waals surface area (Å²) in [7, 11) is 0. The first-order chi connectivity index (χ1) is 12.3. The van der Waals surface area contributed by atoms with E-state index in [2.05, 4.69) is 26.4 Å². The molecule has 2 aromatic heterocycles. The van der Waals surface area contributed by atoms with Crippen LogP contribution in [0.15, 0.2) is 43.0 Å². The van der Waals surface area contributed by atoms with E-state index < -0.39 is 0 Å². The van der Waals surface area contributed by atoms with Gasteiger partial charge in [-0.05, 0) is 24.1 Å². The Bertz CT molecular complexity index is 626. The minimum atomic E-state index is 0.0781. The van der Waals surface area contributed by atoms with Gasteiger partial charge in [-0.2, -0.15) is 5.10 Å². The number of hydrogen-bond donors (Lipinski definition) is 1. The number of nitrogens with zero attached hydrogens (tertiary/aromatic N) is 4. The number of nitrogens with one attached hydrogen (secondary N) is 1. The molecule has 0 bridgehead atoms. The summed E-state index contributed by atoms with van der Waals surface area (Å²) >= 11 is 0. The molecular formula is C18H25N5O2. The van der Waals surface area contributed by atoms with Crippen molar-refractivity contribution in [2.45, 2.75) is 25.4 Å². The normalized spacial score (nSPS) is 16.5. The van der Waals surface area contributed by atoms with Crippen molar-refractivity contribution < 1.29 is 9.53 Å². The van der Waals surface area contributed by atoms with Gasteiger partial charge in [0.25, 0.3) is 0 Å². The Morgan fingerprint density at radius 1 is 1.28 bits per heavy atom. The number of aromatic nitrogens is 3. The van der Waals surface area contributed by atoms with Gasteiger partial charge >= 0.3 is 0 Å². The van der Waals surface area contributed by atoms with Crippen molar-refractivity contribution in [1.82, 2.24) is 25.0 Å². The number of carbonyl (C=O) groups is 1. The molecule has 2 aromatic rings. The molecule has 1 fully saturated rings. The third-order valence-electron chi connectivity index (χ3n) is 4.40. The number of amides is 1. The van der Waals surface area contributed by atoms with Crippen molar-refractivity contribution in [2.24, 2.45) is 0 Å². The minimum absolute atomic E-state index is 0.0781. The molecule has 1 amide bonds. The van der Waals surface area contributed by atoms with Crippen LogP contribution in [-0.2, 0) is 16.1 Å². The predicted octanol–water partition coefficient (Wildman–Crippen LogP) is 1.25. The molecule has 0 aromatic carbocycles. The van der Waals surface area contributed by atoms with Gasteiger partial charge in [-0.25, -0.2) is 0 Å².